The molecule has 2 aliphatic heterocycles. The smallest absolute Gasteiger partial charge is 0.251 e. The van der Waals surface area contributed by atoms with E-state index in [4.69, 9.17) is 9.47 Å². The third kappa shape index (κ3) is 3.69. The minimum Gasteiger partial charge on any atom is -0.454 e. The molecule has 1 N–H and O–H groups in total. The van der Waals surface area contributed by atoms with Gasteiger partial charge in [-0.1, -0.05) is 0 Å². The van der Waals surface area contributed by atoms with Crippen molar-refractivity contribution in [3.63, 3.8) is 0 Å². The zero-order valence-electron chi connectivity index (χ0n) is 13.0. The van der Waals surface area contributed by atoms with Crippen molar-refractivity contribution in [3.8, 4) is 11.5 Å². The Bertz CT molecular complexity index is 527. The predicted molar refractivity (Wildman–Crippen MR) is 83.5 cm³/mol. The van der Waals surface area contributed by atoms with Gasteiger partial charge in [0.1, 0.15) is 0 Å². The molecule has 1 aromatic carbocycles. The summed E-state index contributed by atoms with van der Waals surface area (Å²) >= 11 is 0. The number of hydrogen-bond donors (Lipinski definition) is 1. The van der Waals surface area contributed by atoms with Crippen molar-refractivity contribution in [1.82, 2.24) is 15.1 Å². The molecule has 0 saturated carbocycles. The zero-order valence-corrected chi connectivity index (χ0v) is 13.0. The Hall–Kier alpha value is -1.79. The van der Waals surface area contributed by atoms with E-state index in [1.807, 2.05) is 0 Å². The van der Waals surface area contributed by atoms with E-state index >= 15 is 0 Å². The van der Waals surface area contributed by atoms with Gasteiger partial charge in [0.05, 0.1) is 0 Å². The fraction of sp³-hybridized carbons (Fsp3) is 0.562. The van der Waals surface area contributed by atoms with E-state index < -0.39 is 0 Å². The van der Waals surface area contributed by atoms with Gasteiger partial charge >= 0.3 is 0 Å². The van der Waals surface area contributed by atoms with E-state index in [9.17, 15) is 4.79 Å². The summed E-state index contributed by atoms with van der Waals surface area (Å²) in [6, 6.07) is 5.28. The molecule has 2 aliphatic rings. The second-order valence-electron chi connectivity index (χ2n) is 5.82. The van der Waals surface area contributed by atoms with Gasteiger partial charge < -0.3 is 24.6 Å². The molecule has 0 atom stereocenters. The molecule has 6 heteroatoms. The molecular formula is C16H23N3O3. The fourth-order valence-electron chi connectivity index (χ4n) is 2.72. The lowest BCUT2D eigenvalue weighted by Crippen LogP contribution is -2.45. The van der Waals surface area contributed by atoms with Crippen LogP contribution < -0.4 is 14.8 Å². The molecular weight excluding hydrogens is 282 g/mol. The van der Waals surface area contributed by atoms with Crippen LogP contribution in [0.25, 0.3) is 0 Å². The largest absolute Gasteiger partial charge is 0.454 e. The first-order valence-corrected chi connectivity index (χ1v) is 7.81. The monoisotopic (exact) mass is 305 g/mol. The van der Waals surface area contributed by atoms with E-state index in [1.165, 1.54) is 0 Å². The summed E-state index contributed by atoms with van der Waals surface area (Å²) in [7, 11) is 2.16. The van der Waals surface area contributed by atoms with Crippen molar-refractivity contribution >= 4 is 5.91 Å². The Labute approximate surface area is 131 Å². The molecule has 6 nitrogen and oxygen atoms in total. The molecule has 2 heterocycles. The summed E-state index contributed by atoms with van der Waals surface area (Å²) in [6.45, 7) is 6.45. The molecule has 1 fully saturated rings. The number of nitrogens with zero attached hydrogens (tertiary/aromatic N) is 2. The standard InChI is InChI=1S/C16H23N3O3/c1-18-7-9-19(10-8-18)6-2-5-17-16(20)13-3-4-14-15(11-13)22-12-21-14/h3-4,11H,2,5-10,12H2,1H3,(H,17,20). The SMILES string of the molecule is CN1CCN(CCCNC(=O)c2ccc3c(c2)OCO3)CC1. The van der Waals surface area contributed by atoms with Crippen LogP contribution in [0.5, 0.6) is 11.5 Å². The first-order valence-electron chi connectivity index (χ1n) is 7.81. The van der Waals surface area contributed by atoms with E-state index in [-0.39, 0.29) is 12.7 Å². The summed E-state index contributed by atoms with van der Waals surface area (Å²) in [4.78, 5) is 16.9. The lowest BCUT2D eigenvalue weighted by atomic mass is 10.2. The van der Waals surface area contributed by atoms with Crippen molar-refractivity contribution in [2.45, 2.75) is 6.42 Å². The van der Waals surface area contributed by atoms with Crippen LogP contribution in [0.3, 0.4) is 0 Å². The summed E-state index contributed by atoms with van der Waals surface area (Å²) in [5.74, 6) is 1.29. The predicted octanol–water partition coefficient (Wildman–Crippen LogP) is 0.783. The highest BCUT2D eigenvalue weighted by atomic mass is 16.7. The van der Waals surface area contributed by atoms with Crippen LogP contribution in [-0.2, 0) is 0 Å². The fourth-order valence-corrected chi connectivity index (χ4v) is 2.72. The van der Waals surface area contributed by atoms with Crippen LogP contribution in [0.1, 0.15) is 16.8 Å². The van der Waals surface area contributed by atoms with Crippen molar-refractivity contribution < 1.29 is 14.3 Å². The van der Waals surface area contributed by atoms with Gasteiger partial charge in [-0.15, -0.1) is 0 Å². The highest BCUT2D eigenvalue weighted by molar-refractivity contribution is 5.94. The number of piperazine rings is 1. The van der Waals surface area contributed by atoms with Crippen molar-refractivity contribution in [2.24, 2.45) is 0 Å². The lowest BCUT2D eigenvalue weighted by molar-refractivity contribution is 0.0949. The first-order chi connectivity index (χ1) is 10.7. The van der Waals surface area contributed by atoms with E-state index in [0.29, 0.717) is 23.6 Å². The number of fused-ring (bicyclic) bond motifs is 1. The maximum absolute atomic E-state index is 12.1. The molecule has 0 aliphatic carbocycles. The number of rotatable bonds is 5. The van der Waals surface area contributed by atoms with Crippen LogP contribution >= 0.6 is 0 Å². The summed E-state index contributed by atoms with van der Waals surface area (Å²) in [6.07, 6.45) is 0.972. The van der Waals surface area contributed by atoms with Gasteiger partial charge in [-0.2, -0.15) is 0 Å². The van der Waals surface area contributed by atoms with Crippen LogP contribution in [0, 0.1) is 0 Å². The number of benzene rings is 1. The van der Waals surface area contributed by atoms with Crippen LogP contribution in [-0.4, -0.2) is 68.8 Å². The maximum Gasteiger partial charge on any atom is 0.251 e. The quantitative estimate of drug-likeness (QED) is 0.815. The summed E-state index contributed by atoms with van der Waals surface area (Å²) in [5, 5.41) is 2.97. The molecule has 1 saturated heterocycles. The molecule has 0 spiro atoms. The van der Waals surface area contributed by atoms with Crippen molar-refractivity contribution in [1.29, 1.82) is 0 Å². The van der Waals surface area contributed by atoms with E-state index in [2.05, 4.69) is 22.2 Å². The number of carbonyl (C=O) groups excluding carboxylic acids is 1. The number of ether oxygens (including phenoxy) is 2. The van der Waals surface area contributed by atoms with Crippen LogP contribution in [0.4, 0.5) is 0 Å². The molecule has 0 bridgehead atoms. The number of carbonyl (C=O) groups is 1. The van der Waals surface area contributed by atoms with E-state index in [0.717, 1.165) is 39.1 Å². The minimum atomic E-state index is -0.0586. The highest BCUT2D eigenvalue weighted by Gasteiger charge is 2.16. The average molecular weight is 305 g/mol. The molecule has 3 rings (SSSR count). The van der Waals surface area contributed by atoms with Gasteiger partial charge in [-0.3, -0.25) is 4.79 Å². The topological polar surface area (TPSA) is 54.0 Å². The molecule has 0 radical (unpaired) electrons. The van der Waals surface area contributed by atoms with Crippen LogP contribution in [0.15, 0.2) is 18.2 Å². The number of likely N-dealkylation sites (N-methyl/N-ethyl adjacent to an activating group) is 1. The summed E-state index contributed by atoms with van der Waals surface area (Å²) in [5.41, 5.74) is 0.615. The Morgan fingerprint density at radius 2 is 1.95 bits per heavy atom. The van der Waals surface area contributed by atoms with Gasteiger partial charge in [-0.25, -0.2) is 0 Å². The molecule has 120 valence electrons. The second-order valence-corrected chi connectivity index (χ2v) is 5.82. The van der Waals surface area contributed by atoms with Gasteiger partial charge in [0.15, 0.2) is 11.5 Å². The Balaban J connectivity index is 1.39. The highest BCUT2D eigenvalue weighted by Crippen LogP contribution is 2.32. The van der Waals surface area contributed by atoms with Gasteiger partial charge in [0.25, 0.3) is 5.91 Å². The molecule has 1 aromatic rings. The first kappa shape index (κ1) is 15.1. The number of amides is 1. The van der Waals surface area contributed by atoms with Gasteiger partial charge in [0.2, 0.25) is 6.79 Å². The van der Waals surface area contributed by atoms with Gasteiger partial charge in [-0.05, 0) is 38.2 Å². The zero-order chi connectivity index (χ0) is 15.4. The summed E-state index contributed by atoms with van der Waals surface area (Å²) < 4.78 is 10.5. The molecule has 0 aromatic heterocycles. The molecule has 22 heavy (non-hydrogen) atoms. The number of nitrogens with one attached hydrogen (secondary N) is 1. The Kier molecular flexibility index (Phi) is 4.80. The lowest BCUT2D eigenvalue weighted by Gasteiger charge is -2.32. The number of hydrogen-bond acceptors (Lipinski definition) is 5. The minimum absolute atomic E-state index is 0.0586. The molecule has 1 amide bonds. The third-order valence-corrected chi connectivity index (χ3v) is 4.17. The third-order valence-electron chi connectivity index (χ3n) is 4.17. The maximum atomic E-state index is 12.1. The van der Waals surface area contributed by atoms with E-state index in [1.54, 1.807) is 18.2 Å². The average Bonchev–Trinajstić information content (AvgIpc) is 3.00. The van der Waals surface area contributed by atoms with Crippen molar-refractivity contribution in [2.75, 3.05) is 53.1 Å². The van der Waals surface area contributed by atoms with Gasteiger partial charge in [0, 0.05) is 38.3 Å². The Morgan fingerprint density at radius 3 is 2.77 bits per heavy atom. The van der Waals surface area contributed by atoms with Crippen LogP contribution in [0.2, 0.25) is 0 Å². The van der Waals surface area contributed by atoms with Crippen molar-refractivity contribution in [3.05, 3.63) is 23.8 Å². The Morgan fingerprint density at radius 1 is 1.18 bits per heavy atom. The molecule has 0 unspecified atom stereocenters. The second kappa shape index (κ2) is 6.98. The normalized spacial score (nSPS) is 18.4.